The van der Waals surface area contributed by atoms with E-state index in [1.165, 1.54) is 12.3 Å². The third kappa shape index (κ3) is 3.53. The zero-order valence-electron chi connectivity index (χ0n) is 11.7. The zero-order valence-corrected chi connectivity index (χ0v) is 12.6. The Balaban J connectivity index is 2.32. The van der Waals surface area contributed by atoms with Crippen LogP contribution < -0.4 is 10.5 Å². The first kappa shape index (κ1) is 15.8. The van der Waals surface area contributed by atoms with E-state index >= 15 is 0 Å². The summed E-state index contributed by atoms with van der Waals surface area (Å²) in [5, 5.41) is 18.2. The van der Waals surface area contributed by atoms with Gasteiger partial charge in [0.1, 0.15) is 0 Å². The van der Waals surface area contributed by atoms with Crippen LogP contribution in [0.2, 0.25) is 0 Å². The van der Waals surface area contributed by atoms with E-state index in [9.17, 15) is 8.42 Å². The smallest absolute Gasteiger partial charge is 0.258 e. The summed E-state index contributed by atoms with van der Waals surface area (Å²) in [5.41, 5.74) is 4.77. The van der Waals surface area contributed by atoms with Gasteiger partial charge in [0.2, 0.25) is 0 Å². The van der Waals surface area contributed by atoms with E-state index in [0.717, 1.165) is 32.1 Å². The van der Waals surface area contributed by atoms with Crippen LogP contribution in [0.25, 0.3) is 0 Å². The van der Waals surface area contributed by atoms with Crippen molar-refractivity contribution in [2.75, 3.05) is 0 Å². The number of nitrogens with zero attached hydrogens (tertiary/aromatic N) is 2. The highest BCUT2D eigenvalue weighted by Crippen LogP contribution is 2.28. The van der Waals surface area contributed by atoms with Gasteiger partial charge < -0.3 is 10.9 Å². The van der Waals surface area contributed by atoms with Crippen molar-refractivity contribution in [3.05, 3.63) is 12.3 Å². The van der Waals surface area contributed by atoms with E-state index in [-0.39, 0.29) is 10.9 Å². The van der Waals surface area contributed by atoms with Crippen molar-refractivity contribution in [3.63, 3.8) is 0 Å². The predicted molar refractivity (Wildman–Crippen MR) is 77.4 cm³/mol. The summed E-state index contributed by atoms with van der Waals surface area (Å²) in [6, 6.07) is 1.37. The number of sulfonamides is 1. The lowest BCUT2D eigenvalue weighted by Crippen LogP contribution is -2.57. The van der Waals surface area contributed by atoms with Gasteiger partial charge in [-0.3, -0.25) is 5.10 Å². The number of amidine groups is 1. The monoisotopic (exact) mass is 315 g/mol. The van der Waals surface area contributed by atoms with E-state index in [1.807, 2.05) is 0 Å². The average Bonchev–Trinajstić information content (AvgIpc) is 2.96. The molecule has 9 heteroatoms. The van der Waals surface area contributed by atoms with Crippen LogP contribution in [0.3, 0.4) is 0 Å². The standard InChI is InChI=1S/C12H21N5O3S/c13-11(16-18)12(7-4-2-1-3-5-8-12)17-21(19,20)10-6-9-14-15-10/h6,9,17-18H,1-5,7-8H2,(H2,13,16)(H,14,15). The number of oxime groups is 1. The van der Waals surface area contributed by atoms with Crippen LogP contribution in [0, 0.1) is 0 Å². The van der Waals surface area contributed by atoms with Crippen molar-refractivity contribution < 1.29 is 13.6 Å². The summed E-state index contributed by atoms with van der Waals surface area (Å²) in [6.07, 6.45) is 7.16. The minimum absolute atomic E-state index is 0.0327. The topological polar surface area (TPSA) is 133 Å². The third-order valence-electron chi connectivity index (χ3n) is 3.90. The molecule has 0 atom stereocenters. The molecule has 118 valence electrons. The molecule has 8 nitrogen and oxygen atoms in total. The quantitative estimate of drug-likeness (QED) is 0.284. The molecule has 1 fully saturated rings. The Labute approximate surface area is 123 Å². The molecule has 1 aliphatic rings. The van der Waals surface area contributed by atoms with Crippen LogP contribution in [0.15, 0.2) is 22.4 Å². The maximum absolute atomic E-state index is 12.4. The normalized spacial score (nSPS) is 20.7. The van der Waals surface area contributed by atoms with E-state index in [0.29, 0.717) is 12.8 Å². The molecule has 0 bridgehead atoms. The number of H-pyrrole nitrogens is 1. The number of nitrogens with two attached hydrogens (primary N) is 1. The van der Waals surface area contributed by atoms with Crippen molar-refractivity contribution in [2.24, 2.45) is 10.9 Å². The fourth-order valence-electron chi connectivity index (χ4n) is 2.72. The molecular formula is C12H21N5O3S. The molecule has 1 aliphatic carbocycles. The lowest BCUT2D eigenvalue weighted by Gasteiger charge is -2.34. The number of hydrogen-bond acceptors (Lipinski definition) is 5. The molecular weight excluding hydrogens is 294 g/mol. The number of hydrogen-bond donors (Lipinski definition) is 4. The summed E-state index contributed by atoms with van der Waals surface area (Å²) in [5.74, 6) is -0.0903. The van der Waals surface area contributed by atoms with Crippen molar-refractivity contribution in [3.8, 4) is 0 Å². The minimum atomic E-state index is -3.80. The van der Waals surface area contributed by atoms with Crippen molar-refractivity contribution in [1.29, 1.82) is 0 Å². The molecule has 0 spiro atoms. The van der Waals surface area contributed by atoms with Crippen LogP contribution in [-0.2, 0) is 10.0 Å². The SMILES string of the molecule is NC(=NO)C1(NS(=O)(=O)c2ccn[nH]2)CCCCCCC1. The first-order valence-electron chi connectivity index (χ1n) is 7.01. The third-order valence-corrected chi connectivity index (χ3v) is 5.37. The predicted octanol–water partition coefficient (Wildman–Crippen LogP) is 0.917. The molecule has 1 heterocycles. The minimum Gasteiger partial charge on any atom is -0.409 e. The van der Waals surface area contributed by atoms with Gasteiger partial charge in [-0.2, -0.15) is 9.82 Å². The maximum atomic E-state index is 12.4. The van der Waals surface area contributed by atoms with Gasteiger partial charge in [-0.25, -0.2) is 8.42 Å². The van der Waals surface area contributed by atoms with Gasteiger partial charge in [0.05, 0.1) is 11.7 Å². The molecule has 0 aromatic carbocycles. The molecule has 0 aliphatic heterocycles. The highest BCUT2D eigenvalue weighted by Gasteiger charge is 2.39. The van der Waals surface area contributed by atoms with E-state index < -0.39 is 15.6 Å². The molecule has 0 unspecified atom stereocenters. The van der Waals surface area contributed by atoms with E-state index in [2.05, 4.69) is 20.1 Å². The molecule has 5 N–H and O–H groups in total. The van der Waals surface area contributed by atoms with Crippen LogP contribution in [-0.4, -0.2) is 35.2 Å². The van der Waals surface area contributed by atoms with Crippen molar-refractivity contribution in [2.45, 2.75) is 55.5 Å². The molecule has 2 rings (SSSR count). The number of rotatable bonds is 4. The molecule has 0 amide bonds. The number of aromatic amines is 1. The first-order chi connectivity index (χ1) is 10.0. The zero-order chi connectivity index (χ0) is 15.3. The second kappa shape index (κ2) is 6.44. The van der Waals surface area contributed by atoms with E-state index in [4.69, 9.17) is 10.9 Å². The Kier molecular flexibility index (Phi) is 4.84. The largest absolute Gasteiger partial charge is 0.409 e. The Bertz CT molecular complexity index is 574. The number of nitrogens with one attached hydrogen (secondary N) is 2. The summed E-state index contributed by atoms with van der Waals surface area (Å²) in [7, 11) is -3.80. The van der Waals surface area contributed by atoms with Gasteiger partial charge in [0.25, 0.3) is 10.0 Å². The van der Waals surface area contributed by atoms with E-state index in [1.54, 1.807) is 0 Å². The Morgan fingerprint density at radius 1 is 1.33 bits per heavy atom. The second-order valence-electron chi connectivity index (χ2n) is 5.36. The van der Waals surface area contributed by atoms with Crippen LogP contribution in [0.4, 0.5) is 0 Å². The van der Waals surface area contributed by atoms with Gasteiger partial charge in [0.15, 0.2) is 10.9 Å². The first-order valence-corrected chi connectivity index (χ1v) is 8.50. The second-order valence-corrected chi connectivity index (χ2v) is 7.01. The Morgan fingerprint density at radius 3 is 2.48 bits per heavy atom. The van der Waals surface area contributed by atoms with Gasteiger partial charge in [-0.05, 0) is 18.9 Å². The van der Waals surface area contributed by atoms with Crippen LogP contribution >= 0.6 is 0 Å². The van der Waals surface area contributed by atoms with Gasteiger partial charge in [-0.1, -0.05) is 37.3 Å². The van der Waals surface area contributed by atoms with Gasteiger partial charge >= 0.3 is 0 Å². The molecule has 1 saturated carbocycles. The van der Waals surface area contributed by atoms with Gasteiger partial charge in [0, 0.05) is 0 Å². The maximum Gasteiger partial charge on any atom is 0.258 e. The fourth-order valence-corrected chi connectivity index (χ4v) is 4.07. The Morgan fingerprint density at radius 2 is 1.95 bits per heavy atom. The highest BCUT2D eigenvalue weighted by atomic mass is 32.2. The lowest BCUT2D eigenvalue weighted by molar-refractivity contribution is 0.299. The van der Waals surface area contributed by atoms with Crippen LogP contribution in [0.5, 0.6) is 0 Å². The summed E-state index contributed by atoms with van der Waals surface area (Å²) < 4.78 is 27.4. The lowest BCUT2D eigenvalue weighted by atomic mass is 9.84. The summed E-state index contributed by atoms with van der Waals surface area (Å²) in [4.78, 5) is 0. The van der Waals surface area contributed by atoms with Gasteiger partial charge in [-0.15, -0.1) is 0 Å². The number of aromatic nitrogens is 2. The highest BCUT2D eigenvalue weighted by molar-refractivity contribution is 7.89. The average molecular weight is 315 g/mol. The molecule has 0 radical (unpaired) electrons. The van der Waals surface area contributed by atoms with Crippen molar-refractivity contribution in [1.82, 2.24) is 14.9 Å². The Hall–Kier alpha value is -1.61. The molecule has 0 saturated heterocycles. The molecule has 21 heavy (non-hydrogen) atoms. The fraction of sp³-hybridized carbons (Fsp3) is 0.667. The summed E-state index contributed by atoms with van der Waals surface area (Å²) in [6.45, 7) is 0. The van der Waals surface area contributed by atoms with Crippen molar-refractivity contribution >= 4 is 15.9 Å². The molecule has 1 aromatic rings. The molecule has 1 aromatic heterocycles. The summed E-state index contributed by atoms with van der Waals surface area (Å²) >= 11 is 0. The van der Waals surface area contributed by atoms with Crippen LogP contribution in [0.1, 0.15) is 44.9 Å².